The van der Waals surface area contributed by atoms with Crippen molar-refractivity contribution in [3.05, 3.63) is 29.5 Å². The first-order valence-electron chi connectivity index (χ1n) is 8.66. The number of benzene rings is 1. The Kier molecular flexibility index (Phi) is 4.01. The largest absolute Gasteiger partial charge is 0.396 e. The second kappa shape index (κ2) is 6.33. The van der Waals surface area contributed by atoms with Gasteiger partial charge >= 0.3 is 0 Å². The van der Waals surface area contributed by atoms with E-state index < -0.39 is 0 Å². The summed E-state index contributed by atoms with van der Waals surface area (Å²) in [5.74, 6) is 0.811. The van der Waals surface area contributed by atoms with Crippen LogP contribution >= 0.6 is 0 Å². The Hall–Kier alpha value is -2.67. The highest BCUT2D eigenvalue weighted by atomic mass is 16.3. The van der Waals surface area contributed by atoms with E-state index in [2.05, 4.69) is 38.5 Å². The number of rotatable bonds is 6. The van der Waals surface area contributed by atoms with Gasteiger partial charge in [-0.25, -0.2) is 4.98 Å². The van der Waals surface area contributed by atoms with Gasteiger partial charge in [-0.1, -0.05) is 6.92 Å². The van der Waals surface area contributed by atoms with Crippen LogP contribution in [0.2, 0.25) is 0 Å². The summed E-state index contributed by atoms with van der Waals surface area (Å²) in [6.45, 7) is 2.22. The molecule has 0 radical (unpaired) electrons. The van der Waals surface area contributed by atoms with Gasteiger partial charge < -0.3 is 15.4 Å². The minimum atomic E-state index is 0.0391. The quantitative estimate of drug-likeness (QED) is 0.553. The van der Waals surface area contributed by atoms with Crippen LogP contribution in [-0.2, 0) is 17.6 Å². The number of amides is 1. The number of hydrogen-bond acceptors (Lipinski definition) is 4. The van der Waals surface area contributed by atoms with E-state index in [0.717, 1.165) is 35.9 Å². The van der Waals surface area contributed by atoms with Crippen molar-refractivity contribution in [3.63, 3.8) is 0 Å². The smallest absolute Gasteiger partial charge is 0.227 e. The van der Waals surface area contributed by atoms with E-state index in [1.807, 2.05) is 6.07 Å². The second-order valence-electron chi connectivity index (χ2n) is 6.47. The molecule has 3 aromatic rings. The molecule has 4 N–H and O–H groups in total. The summed E-state index contributed by atoms with van der Waals surface area (Å²) in [4.78, 5) is 20.0. The topological polar surface area (TPSA) is 107 Å². The fourth-order valence-electron chi connectivity index (χ4n) is 3.09. The summed E-state index contributed by atoms with van der Waals surface area (Å²) in [5.41, 5.74) is 5.40. The Balaban J connectivity index is 1.70. The van der Waals surface area contributed by atoms with Gasteiger partial charge in [0.2, 0.25) is 5.91 Å². The lowest BCUT2D eigenvalue weighted by atomic mass is 10.0. The number of carbonyl (C=O) groups excluding carboxylic acids is 1. The van der Waals surface area contributed by atoms with Gasteiger partial charge in [0.25, 0.3) is 0 Å². The van der Waals surface area contributed by atoms with Gasteiger partial charge in [-0.2, -0.15) is 5.10 Å². The third kappa shape index (κ3) is 3.02. The molecule has 130 valence electrons. The Morgan fingerprint density at radius 2 is 2.20 bits per heavy atom. The number of fused-ring (bicyclic) bond motifs is 1. The lowest BCUT2D eigenvalue weighted by molar-refractivity contribution is -0.117. The number of nitrogens with zero attached hydrogens (tertiary/aromatic N) is 2. The van der Waals surface area contributed by atoms with Crippen molar-refractivity contribution in [1.29, 1.82) is 0 Å². The van der Waals surface area contributed by atoms with E-state index in [1.165, 1.54) is 5.56 Å². The highest BCUT2D eigenvalue weighted by molar-refractivity contribution is 5.97. The summed E-state index contributed by atoms with van der Waals surface area (Å²) in [5, 5.41) is 19.1. The molecule has 0 saturated heterocycles. The van der Waals surface area contributed by atoms with Crippen molar-refractivity contribution in [2.24, 2.45) is 5.92 Å². The first-order chi connectivity index (χ1) is 12.2. The van der Waals surface area contributed by atoms with Gasteiger partial charge in [-0.3, -0.25) is 9.89 Å². The van der Waals surface area contributed by atoms with Crippen molar-refractivity contribution in [3.8, 4) is 11.5 Å². The van der Waals surface area contributed by atoms with Crippen LogP contribution in [0, 0.1) is 5.92 Å². The molecule has 4 rings (SSSR count). The zero-order chi connectivity index (χ0) is 17.4. The highest BCUT2D eigenvalue weighted by Crippen LogP contribution is 2.32. The lowest BCUT2D eigenvalue weighted by Gasteiger charge is -2.05. The van der Waals surface area contributed by atoms with Gasteiger partial charge in [0.15, 0.2) is 5.82 Å². The summed E-state index contributed by atoms with van der Waals surface area (Å²) < 4.78 is 0. The monoisotopic (exact) mass is 339 g/mol. The Morgan fingerprint density at radius 1 is 1.36 bits per heavy atom. The van der Waals surface area contributed by atoms with E-state index in [4.69, 9.17) is 0 Å². The van der Waals surface area contributed by atoms with Crippen LogP contribution < -0.4 is 5.32 Å². The molecule has 0 bridgehead atoms. The van der Waals surface area contributed by atoms with Gasteiger partial charge in [0, 0.05) is 12.5 Å². The molecule has 0 spiro atoms. The summed E-state index contributed by atoms with van der Waals surface area (Å²) in [6, 6.07) is 4.10. The SMILES string of the molecule is CCc1cc2nc(-c3[nH]ncc3NC(=O)C3CC3)[nH]c2cc1CCO. The number of aromatic amines is 2. The van der Waals surface area contributed by atoms with Crippen molar-refractivity contribution in [2.75, 3.05) is 11.9 Å². The molecule has 1 aliphatic rings. The summed E-state index contributed by atoms with van der Waals surface area (Å²) in [7, 11) is 0. The first kappa shape index (κ1) is 15.8. The van der Waals surface area contributed by atoms with Crippen LogP contribution in [0.4, 0.5) is 5.69 Å². The number of nitrogens with one attached hydrogen (secondary N) is 3. The Labute approximate surface area is 144 Å². The van der Waals surface area contributed by atoms with Crippen LogP contribution in [0.3, 0.4) is 0 Å². The number of hydrogen-bond donors (Lipinski definition) is 4. The molecule has 1 aromatic carbocycles. The fraction of sp³-hybridized carbons (Fsp3) is 0.389. The Morgan fingerprint density at radius 3 is 2.92 bits per heavy atom. The molecule has 7 nitrogen and oxygen atoms in total. The molecular formula is C18H21N5O2. The average molecular weight is 339 g/mol. The van der Waals surface area contributed by atoms with Gasteiger partial charge in [0.05, 0.1) is 22.9 Å². The highest BCUT2D eigenvalue weighted by Gasteiger charge is 2.30. The number of imidazole rings is 1. The van der Waals surface area contributed by atoms with Crippen molar-refractivity contribution in [1.82, 2.24) is 20.2 Å². The maximum absolute atomic E-state index is 12.0. The molecule has 25 heavy (non-hydrogen) atoms. The normalized spacial score (nSPS) is 14.2. The molecule has 1 amide bonds. The number of anilines is 1. The fourth-order valence-corrected chi connectivity index (χ4v) is 3.09. The number of aliphatic hydroxyl groups is 1. The minimum Gasteiger partial charge on any atom is -0.396 e. The molecular weight excluding hydrogens is 318 g/mol. The molecule has 2 heterocycles. The average Bonchev–Trinajstić information content (AvgIpc) is 3.23. The first-order valence-corrected chi connectivity index (χ1v) is 8.66. The molecule has 7 heteroatoms. The van der Waals surface area contributed by atoms with Gasteiger partial charge in [0.1, 0.15) is 5.69 Å². The number of aromatic nitrogens is 4. The predicted octanol–water partition coefficient (Wildman–Crippen LogP) is 2.40. The number of aliphatic hydroxyl groups excluding tert-OH is 1. The molecule has 0 atom stereocenters. The molecule has 0 aliphatic heterocycles. The molecule has 2 aromatic heterocycles. The number of aryl methyl sites for hydroxylation is 1. The maximum Gasteiger partial charge on any atom is 0.227 e. The van der Waals surface area contributed by atoms with Gasteiger partial charge in [-0.05, 0) is 48.9 Å². The summed E-state index contributed by atoms with van der Waals surface area (Å²) in [6.07, 6.45) is 5.03. The third-order valence-electron chi connectivity index (χ3n) is 4.65. The van der Waals surface area contributed by atoms with Crippen molar-refractivity contribution < 1.29 is 9.90 Å². The number of carbonyl (C=O) groups is 1. The molecule has 0 unspecified atom stereocenters. The van der Waals surface area contributed by atoms with E-state index >= 15 is 0 Å². The van der Waals surface area contributed by atoms with E-state index in [0.29, 0.717) is 23.6 Å². The summed E-state index contributed by atoms with van der Waals surface area (Å²) >= 11 is 0. The van der Waals surface area contributed by atoms with Crippen LogP contribution in [0.25, 0.3) is 22.6 Å². The standard InChI is InChI=1S/C18H21N5O2/c1-2-10-7-13-14(8-12(10)5-6-24)21-17(20-13)16-15(9-19-23-16)22-18(25)11-3-4-11/h7-9,11,24H,2-6H2,1H3,(H,19,23)(H,20,21)(H,22,25). The number of H-pyrrole nitrogens is 2. The predicted molar refractivity (Wildman–Crippen MR) is 95.2 cm³/mol. The lowest BCUT2D eigenvalue weighted by Crippen LogP contribution is -2.13. The molecule has 1 aliphatic carbocycles. The van der Waals surface area contributed by atoms with Crippen LogP contribution in [-0.4, -0.2) is 37.8 Å². The zero-order valence-corrected chi connectivity index (χ0v) is 14.1. The van der Waals surface area contributed by atoms with E-state index in [9.17, 15) is 9.90 Å². The maximum atomic E-state index is 12.0. The Bertz CT molecular complexity index is 923. The zero-order valence-electron chi connectivity index (χ0n) is 14.1. The van der Waals surface area contributed by atoms with Crippen molar-refractivity contribution >= 4 is 22.6 Å². The van der Waals surface area contributed by atoms with Crippen LogP contribution in [0.5, 0.6) is 0 Å². The minimum absolute atomic E-state index is 0.0391. The molecule has 1 fully saturated rings. The van der Waals surface area contributed by atoms with E-state index in [-0.39, 0.29) is 18.4 Å². The van der Waals surface area contributed by atoms with Gasteiger partial charge in [-0.15, -0.1) is 0 Å². The second-order valence-corrected chi connectivity index (χ2v) is 6.47. The van der Waals surface area contributed by atoms with Crippen LogP contribution in [0.1, 0.15) is 30.9 Å². The van der Waals surface area contributed by atoms with E-state index in [1.54, 1.807) is 6.20 Å². The van der Waals surface area contributed by atoms with Crippen LogP contribution in [0.15, 0.2) is 18.3 Å². The molecule has 1 saturated carbocycles. The third-order valence-corrected chi connectivity index (χ3v) is 4.65. The van der Waals surface area contributed by atoms with Crippen molar-refractivity contribution in [2.45, 2.75) is 32.6 Å².